The maximum atomic E-state index is 13.7. The van der Waals surface area contributed by atoms with Crippen molar-refractivity contribution in [1.29, 1.82) is 0 Å². The molecular formula is C15H12Br3F. The van der Waals surface area contributed by atoms with E-state index in [0.717, 1.165) is 25.6 Å². The van der Waals surface area contributed by atoms with Gasteiger partial charge in [0, 0.05) is 8.95 Å². The van der Waals surface area contributed by atoms with Crippen LogP contribution in [0.5, 0.6) is 0 Å². The van der Waals surface area contributed by atoms with E-state index in [4.69, 9.17) is 0 Å². The molecule has 19 heavy (non-hydrogen) atoms. The van der Waals surface area contributed by atoms with Gasteiger partial charge in [0.25, 0.3) is 0 Å². The van der Waals surface area contributed by atoms with Gasteiger partial charge in [0.2, 0.25) is 0 Å². The number of halogens is 4. The van der Waals surface area contributed by atoms with E-state index in [-0.39, 0.29) is 10.6 Å². The summed E-state index contributed by atoms with van der Waals surface area (Å²) in [5.74, 6) is -0.177. The molecule has 2 aromatic rings. The first kappa shape index (κ1) is 15.2. The van der Waals surface area contributed by atoms with Crippen molar-refractivity contribution in [3.05, 3.63) is 67.3 Å². The highest BCUT2D eigenvalue weighted by atomic mass is 79.9. The molecule has 1 atom stereocenters. The summed E-state index contributed by atoms with van der Waals surface area (Å²) < 4.78 is 15.7. The molecule has 0 amide bonds. The van der Waals surface area contributed by atoms with Crippen LogP contribution in [0.15, 0.2) is 39.3 Å². The number of aryl methyl sites for hydroxylation is 2. The molecule has 0 aromatic heterocycles. The fraction of sp³-hybridized carbons (Fsp3) is 0.200. The Morgan fingerprint density at radius 3 is 2.26 bits per heavy atom. The highest BCUT2D eigenvalue weighted by molar-refractivity contribution is 9.11. The summed E-state index contributed by atoms with van der Waals surface area (Å²) in [6.07, 6.45) is 0. The first-order valence-corrected chi connectivity index (χ1v) is 8.26. The van der Waals surface area contributed by atoms with Gasteiger partial charge in [-0.15, -0.1) is 0 Å². The Labute approximate surface area is 137 Å². The number of alkyl halides is 1. The van der Waals surface area contributed by atoms with Crippen molar-refractivity contribution in [2.75, 3.05) is 0 Å². The predicted octanol–water partition coefficient (Wildman–Crippen LogP) is 6.45. The molecule has 0 saturated carbocycles. The largest absolute Gasteiger partial charge is 0.207 e. The molecule has 0 nitrogen and oxygen atoms in total. The van der Waals surface area contributed by atoms with Gasteiger partial charge in [-0.25, -0.2) is 4.39 Å². The maximum absolute atomic E-state index is 13.7. The van der Waals surface area contributed by atoms with Crippen molar-refractivity contribution < 1.29 is 4.39 Å². The monoisotopic (exact) mass is 448 g/mol. The number of rotatable bonds is 2. The Balaban J connectivity index is 2.46. The molecule has 0 bridgehead atoms. The van der Waals surface area contributed by atoms with Crippen molar-refractivity contribution in [1.82, 2.24) is 0 Å². The zero-order valence-electron chi connectivity index (χ0n) is 10.5. The number of benzene rings is 2. The van der Waals surface area contributed by atoms with Crippen LogP contribution in [-0.4, -0.2) is 0 Å². The predicted molar refractivity (Wildman–Crippen MR) is 88.5 cm³/mol. The van der Waals surface area contributed by atoms with E-state index >= 15 is 0 Å². The molecule has 0 aliphatic rings. The lowest BCUT2D eigenvalue weighted by Crippen LogP contribution is -1.97. The van der Waals surface area contributed by atoms with Gasteiger partial charge >= 0.3 is 0 Å². The minimum atomic E-state index is -0.177. The van der Waals surface area contributed by atoms with E-state index in [2.05, 4.69) is 59.9 Å². The fourth-order valence-corrected chi connectivity index (χ4v) is 3.82. The van der Waals surface area contributed by atoms with Crippen molar-refractivity contribution in [2.24, 2.45) is 0 Å². The Morgan fingerprint density at radius 1 is 0.947 bits per heavy atom. The van der Waals surface area contributed by atoms with Crippen LogP contribution in [0, 0.1) is 19.7 Å². The second-order valence-electron chi connectivity index (χ2n) is 4.49. The Bertz CT molecular complexity index is 623. The van der Waals surface area contributed by atoms with Gasteiger partial charge in [-0.05, 0) is 54.3 Å². The van der Waals surface area contributed by atoms with Crippen molar-refractivity contribution >= 4 is 47.8 Å². The van der Waals surface area contributed by atoms with E-state index in [1.165, 1.54) is 0 Å². The molecule has 0 heterocycles. The van der Waals surface area contributed by atoms with Crippen molar-refractivity contribution in [3.63, 3.8) is 0 Å². The van der Waals surface area contributed by atoms with Gasteiger partial charge in [0.1, 0.15) is 5.82 Å². The molecule has 0 spiro atoms. The van der Waals surface area contributed by atoms with Crippen LogP contribution < -0.4 is 0 Å². The highest BCUT2D eigenvalue weighted by Crippen LogP contribution is 2.38. The lowest BCUT2D eigenvalue weighted by atomic mass is 10.0. The zero-order valence-corrected chi connectivity index (χ0v) is 15.2. The van der Waals surface area contributed by atoms with Gasteiger partial charge in [-0.3, -0.25) is 0 Å². The van der Waals surface area contributed by atoms with E-state index in [1.807, 2.05) is 13.0 Å². The van der Waals surface area contributed by atoms with Crippen molar-refractivity contribution in [2.45, 2.75) is 18.7 Å². The average molecular weight is 451 g/mol. The van der Waals surface area contributed by atoms with E-state index < -0.39 is 0 Å². The minimum absolute atomic E-state index is 0.0473. The molecule has 0 aliphatic carbocycles. The SMILES string of the molecule is Cc1ccc(C(Br)c2cc(Br)c(C)cc2Br)cc1F. The van der Waals surface area contributed by atoms with Crippen LogP contribution in [0.3, 0.4) is 0 Å². The molecule has 1 unspecified atom stereocenters. The van der Waals surface area contributed by atoms with Crippen LogP contribution in [0.4, 0.5) is 4.39 Å². The summed E-state index contributed by atoms with van der Waals surface area (Å²) >= 11 is 10.7. The molecular weight excluding hydrogens is 439 g/mol. The third-order valence-corrected chi connectivity index (χ3v) is 5.60. The van der Waals surface area contributed by atoms with Gasteiger partial charge < -0.3 is 0 Å². The maximum Gasteiger partial charge on any atom is 0.126 e. The topological polar surface area (TPSA) is 0 Å². The fourth-order valence-electron chi connectivity index (χ4n) is 1.80. The molecule has 2 aromatic carbocycles. The summed E-state index contributed by atoms with van der Waals surface area (Å²) in [6, 6.07) is 9.43. The molecule has 0 radical (unpaired) electrons. The van der Waals surface area contributed by atoms with Crippen LogP contribution in [-0.2, 0) is 0 Å². The van der Waals surface area contributed by atoms with Crippen LogP contribution >= 0.6 is 47.8 Å². The van der Waals surface area contributed by atoms with Gasteiger partial charge in [0.15, 0.2) is 0 Å². The second kappa shape index (κ2) is 6.06. The van der Waals surface area contributed by atoms with Gasteiger partial charge in [-0.1, -0.05) is 59.9 Å². The third kappa shape index (κ3) is 3.29. The minimum Gasteiger partial charge on any atom is -0.207 e. The molecule has 0 fully saturated rings. The lowest BCUT2D eigenvalue weighted by molar-refractivity contribution is 0.616. The summed E-state index contributed by atoms with van der Waals surface area (Å²) in [6.45, 7) is 3.80. The molecule has 4 heteroatoms. The van der Waals surface area contributed by atoms with Crippen LogP contribution in [0.1, 0.15) is 27.1 Å². The molecule has 100 valence electrons. The van der Waals surface area contributed by atoms with Crippen molar-refractivity contribution in [3.8, 4) is 0 Å². The standard InChI is InChI=1S/C15H12Br3F/c1-8-3-4-10(6-14(8)19)15(18)11-7-12(16)9(2)5-13(11)17/h3-7,15H,1-2H3. The van der Waals surface area contributed by atoms with Crippen LogP contribution in [0.25, 0.3) is 0 Å². The quantitative estimate of drug-likeness (QED) is 0.461. The average Bonchev–Trinajstić information content (AvgIpc) is 2.36. The summed E-state index contributed by atoms with van der Waals surface area (Å²) in [5.41, 5.74) is 3.79. The Hall–Kier alpha value is -0.190. The molecule has 0 N–H and O–H groups in total. The van der Waals surface area contributed by atoms with Gasteiger partial charge in [-0.2, -0.15) is 0 Å². The number of hydrogen-bond donors (Lipinski definition) is 0. The third-order valence-electron chi connectivity index (χ3n) is 3.04. The zero-order chi connectivity index (χ0) is 14.2. The first-order chi connectivity index (χ1) is 8.90. The molecule has 0 aliphatic heterocycles. The second-order valence-corrected chi connectivity index (χ2v) is 7.12. The number of hydrogen-bond acceptors (Lipinski definition) is 0. The Morgan fingerprint density at radius 2 is 1.63 bits per heavy atom. The molecule has 2 rings (SSSR count). The van der Waals surface area contributed by atoms with E-state index in [9.17, 15) is 4.39 Å². The summed E-state index contributed by atoms with van der Waals surface area (Å²) in [5, 5.41) is 0. The highest BCUT2D eigenvalue weighted by Gasteiger charge is 2.16. The Kier molecular flexibility index (Phi) is 4.85. The summed E-state index contributed by atoms with van der Waals surface area (Å²) in [4.78, 5) is -0.0473. The van der Waals surface area contributed by atoms with Gasteiger partial charge in [0.05, 0.1) is 4.83 Å². The van der Waals surface area contributed by atoms with Crippen LogP contribution in [0.2, 0.25) is 0 Å². The lowest BCUT2D eigenvalue weighted by Gasteiger charge is -2.15. The first-order valence-electron chi connectivity index (χ1n) is 5.76. The molecule has 0 saturated heterocycles. The van der Waals surface area contributed by atoms with E-state index in [1.54, 1.807) is 19.1 Å². The smallest absolute Gasteiger partial charge is 0.126 e. The summed E-state index contributed by atoms with van der Waals surface area (Å²) in [7, 11) is 0. The van der Waals surface area contributed by atoms with E-state index in [0.29, 0.717) is 5.56 Å². The normalized spacial score (nSPS) is 12.5.